The summed E-state index contributed by atoms with van der Waals surface area (Å²) >= 11 is 0. The third-order valence-corrected chi connectivity index (χ3v) is 12.0. The summed E-state index contributed by atoms with van der Waals surface area (Å²) in [7, 11) is 0. The van der Waals surface area contributed by atoms with Crippen LogP contribution in [0.5, 0.6) is 0 Å². The Labute approximate surface area is 352 Å². The van der Waals surface area contributed by atoms with Gasteiger partial charge in [0.25, 0.3) is 0 Å². The molecule has 10 aromatic carbocycles. The summed E-state index contributed by atoms with van der Waals surface area (Å²) in [6.07, 6.45) is 0. The van der Waals surface area contributed by atoms with E-state index in [-0.39, 0.29) is 0 Å². The van der Waals surface area contributed by atoms with Gasteiger partial charge in [-0.25, -0.2) is 15.0 Å². The van der Waals surface area contributed by atoms with Gasteiger partial charge in [-0.05, 0) is 79.3 Å². The summed E-state index contributed by atoms with van der Waals surface area (Å²) in [5.74, 6) is 1.90. The summed E-state index contributed by atoms with van der Waals surface area (Å²) < 4.78 is 2.48. The molecule has 0 saturated carbocycles. The van der Waals surface area contributed by atoms with Crippen molar-refractivity contribution in [3.8, 4) is 62.1 Å². The minimum atomic E-state index is 0.623. The van der Waals surface area contributed by atoms with Gasteiger partial charge >= 0.3 is 0 Å². The number of fused-ring (bicyclic) bond motifs is 9. The highest BCUT2D eigenvalue weighted by molar-refractivity contribution is 6.26. The molecule has 0 unspecified atom stereocenters. The van der Waals surface area contributed by atoms with E-state index in [4.69, 9.17) is 15.0 Å². The minimum absolute atomic E-state index is 0.623. The lowest BCUT2D eigenvalue weighted by atomic mass is 9.90. The smallest absolute Gasteiger partial charge is 0.164 e. The zero-order chi connectivity index (χ0) is 40.3. The van der Waals surface area contributed by atoms with Crippen LogP contribution in [-0.2, 0) is 0 Å². The Balaban J connectivity index is 1.16. The lowest BCUT2D eigenvalue weighted by Gasteiger charge is -2.19. The molecule has 12 aromatic rings. The first kappa shape index (κ1) is 34.8. The van der Waals surface area contributed by atoms with Crippen molar-refractivity contribution in [1.82, 2.24) is 19.5 Å². The lowest BCUT2D eigenvalue weighted by molar-refractivity contribution is 1.07. The van der Waals surface area contributed by atoms with E-state index in [1.54, 1.807) is 0 Å². The van der Waals surface area contributed by atoms with Gasteiger partial charge in [0, 0.05) is 33.0 Å². The molecule has 0 spiro atoms. The Morgan fingerprint density at radius 2 is 0.689 bits per heavy atom. The number of rotatable bonds is 6. The molecule has 0 N–H and O–H groups in total. The summed E-state index contributed by atoms with van der Waals surface area (Å²) in [5.41, 5.74) is 10.8. The summed E-state index contributed by atoms with van der Waals surface area (Å²) in [5, 5.41) is 9.81. The van der Waals surface area contributed by atoms with Crippen LogP contribution >= 0.6 is 0 Å². The molecule has 0 amide bonds. The fourth-order valence-electron chi connectivity index (χ4n) is 9.16. The number of hydrogen-bond donors (Lipinski definition) is 0. The zero-order valence-corrected chi connectivity index (χ0v) is 33.1. The van der Waals surface area contributed by atoms with Crippen LogP contribution in [0.2, 0.25) is 0 Å². The van der Waals surface area contributed by atoms with Gasteiger partial charge in [0.2, 0.25) is 0 Å². The molecule has 0 fully saturated rings. The van der Waals surface area contributed by atoms with E-state index < -0.39 is 0 Å². The second kappa shape index (κ2) is 14.3. The van der Waals surface area contributed by atoms with Crippen LogP contribution in [-0.4, -0.2) is 19.5 Å². The Morgan fingerprint density at radius 3 is 1.30 bits per heavy atom. The summed E-state index contributed by atoms with van der Waals surface area (Å²) in [4.78, 5) is 15.2. The molecule has 0 radical (unpaired) electrons. The molecule has 4 heteroatoms. The van der Waals surface area contributed by atoms with Crippen LogP contribution in [0.25, 0.3) is 116 Å². The van der Waals surface area contributed by atoms with Crippen LogP contribution < -0.4 is 0 Å². The SMILES string of the molecule is c1ccc(-c2ccc3c4ccccc4n(-c4cc5c6ccccc6c6ccccc6c5cc4-c4cccc(-c5nc(-c6ccccc6)nc(-c6ccccc6)n5)c4)c3c2)cc1. The normalized spacial score (nSPS) is 11.6. The first-order valence-corrected chi connectivity index (χ1v) is 20.7. The van der Waals surface area contributed by atoms with E-state index >= 15 is 0 Å². The molecule has 0 aliphatic carbocycles. The van der Waals surface area contributed by atoms with Crippen molar-refractivity contribution in [3.05, 3.63) is 218 Å². The van der Waals surface area contributed by atoms with Crippen molar-refractivity contribution in [2.24, 2.45) is 0 Å². The number of hydrogen-bond acceptors (Lipinski definition) is 3. The molecule has 61 heavy (non-hydrogen) atoms. The molecular formula is C57H36N4. The molecule has 4 nitrogen and oxygen atoms in total. The average molecular weight is 777 g/mol. The Bertz CT molecular complexity index is 3570. The van der Waals surface area contributed by atoms with Gasteiger partial charge in [-0.2, -0.15) is 0 Å². The van der Waals surface area contributed by atoms with Crippen molar-refractivity contribution < 1.29 is 0 Å². The fraction of sp³-hybridized carbons (Fsp3) is 0. The number of para-hydroxylation sites is 1. The van der Waals surface area contributed by atoms with Crippen molar-refractivity contribution in [3.63, 3.8) is 0 Å². The lowest BCUT2D eigenvalue weighted by Crippen LogP contribution is -2.01. The van der Waals surface area contributed by atoms with Gasteiger partial charge in [0.1, 0.15) is 0 Å². The molecule has 0 atom stereocenters. The maximum Gasteiger partial charge on any atom is 0.164 e. The molecule has 0 aliphatic rings. The monoisotopic (exact) mass is 776 g/mol. The molecule has 2 aromatic heterocycles. The molecule has 0 saturated heterocycles. The molecule has 12 rings (SSSR count). The van der Waals surface area contributed by atoms with Crippen LogP contribution in [0.3, 0.4) is 0 Å². The highest BCUT2D eigenvalue weighted by atomic mass is 15.0. The second-order valence-corrected chi connectivity index (χ2v) is 15.6. The Morgan fingerprint density at radius 1 is 0.246 bits per heavy atom. The van der Waals surface area contributed by atoms with E-state index in [1.165, 1.54) is 54.2 Å². The van der Waals surface area contributed by atoms with Crippen LogP contribution in [0, 0.1) is 0 Å². The molecule has 2 heterocycles. The topological polar surface area (TPSA) is 43.6 Å². The van der Waals surface area contributed by atoms with Gasteiger partial charge in [-0.1, -0.05) is 188 Å². The van der Waals surface area contributed by atoms with Gasteiger partial charge < -0.3 is 4.57 Å². The first-order chi connectivity index (χ1) is 30.2. The summed E-state index contributed by atoms with van der Waals surface area (Å²) in [6.45, 7) is 0. The van der Waals surface area contributed by atoms with Crippen molar-refractivity contribution in [2.45, 2.75) is 0 Å². The van der Waals surface area contributed by atoms with Crippen LogP contribution in [0.15, 0.2) is 218 Å². The highest BCUT2D eigenvalue weighted by Crippen LogP contribution is 2.44. The van der Waals surface area contributed by atoms with Gasteiger partial charge in [0.15, 0.2) is 17.5 Å². The van der Waals surface area contributed by atoms with Crippen LogP contribution in [0.4, 0.5) is 0 Å². The standard InChI is InChI=1S/C57H36N4/c1-4-17-37(18-5-1)40-31-32-48-47-29-14-15-30-52(47)61(53(48)34-40)54-36-51-46-28-13-11-26-44(46)43-25-10-12-27-45(43)50(51)35-49(54)41-23-16-24-42(33-41)57-59-55(38-19-6-2-7-20-38)58-56(60-57)39-21-8-3-9-22-39/h1-36H. The van der Waals surface area contributed by atoms with E-state index in [9.17, 15) is 0 Å². The highest BCUT2D eigenvalue weighted by Gasteiger charge is 2.21. The van der Waals surface area contributed by atoms with Gasteiger partial charge in [-0.3, -0.25) is 0 Å². The molecule has 284 valence electrons. The fourth-order valence-corrected chi connectivity index (χ4v) is 9.16. The minimum Gasteiger partial charge on any atom is -0.309 e. The molecular weight excluding hydrogens is 741 g/mol. The molecule has 0 bridgehead atoms. The average Bonchev–Trinajstić information content (AvgIpc) is 3.68. The molecule has 0 aliphatic heterocycles. The number of aromatic nitrogens is 4. The third-order valence-electron chi connectivity index (χ3n) is 12.0. The summed E-state index contributed by atoms with van der Waals surface area (Å²) in [6, 6.07) is 77.8. The predicted octanol–water partition coefficient (Wildman–Crippen LogP) is 14.8. The van der Waals surface area contributed by atoms with Crippen LogP contribution in [0.1, 0.15) is 0 Å². The predicted molar refractivity (Wildman–Crippen MR) is 254 cm³/mol. The first-order valence-electron chi connectivity index (χ1n) is 20.7. The second-order valence-electron chi connectivity index (χ2n) is 15.6. The largest absolute Gasteiger partial charge is 0.309 e. The van der Waals surface area contributed by atoms with Crippen molar-refractivity contribution >= 4 is 54.1 Å². The number of benzene rings is 10. The van der Waals surface area contributed by atoms with E-state index in [0.29, 0.717) is 17.5 Å². The maximum atomic E-state index is 5.12. The van der Waals surface area contributed by atoms with E-state index in [2.05, 4.69) is 187 Å². The maximum absolute atomic E-state index is 5.12. The number of nitrogens with zero attached hydrogens (tertiary/aromatic N) is 4. The van der Waals surface area contributed by atoms with Crippen molar-refractivity contribution in [2.75, 3.05) is 0 Å². The zero-order valence-electron chi connectivity index (χ0n) is 33.1. The quantitative estimate of drug-likeness (QED) is 0.158. The Kier molecular flexibility index (Phi) is 8.13. The van der Waals surface area contributed by atoms with E-state index in [0.717, 1.165) is 44.5 Å². The third kappa shape index (κ3) is 5.88. The van der Waals surface area contributed by atoms with Gasteiger partial charge in [0.05, 0.1) is 16.7 Å². The van der Waals surface area contributed by atoms with Gasteiger partial charge in [-0.15, -0.1) is 0 Å². The van der Waals surface area contributed by atoms with E-state index in [1.807, 2.05) is 36.4 Å². The van der Waals surface area contributed by atoms with Crippen molar-refractivity contribution in [1.29, 1.82) is 0 Å². The Hall–Kier alpha value is -8.21.